The molecule has 92 valence electrons. The summed E-state index contributed by atoms with van der Waals surface area (Å²) in [5, 5.41) is 0. The number of anilines is 2. The molecule has 2 unspecified atom stereocenters. The fraction of sp³-hybridized carbons (Fsp3) is 0.462. The zero-order valence-electron chi connectivity index (χ0n) is 10.3. The number of rotatable bonds is 2. The molecule has 0 radical (unpaired) electrons. The van der Waals surface area contributed by atoms with Gasteiger partial charge in [-0.1, -0.05) is 13.8 Å². The highest BCUT2D eigenvalue weighted by molar-refractivity contribution is 5.99. The SMILES string of the molecule is CC1CN(c2ccc(N)c(C(N)=O)c2)CC1C. The van der Waals surface area contributed by atoms with E-state index in [1.165, 1.54) is 0 Å². The Labute approximate surface area is 102 Å². The number of hydrogen-bond donors (Lipinski definition) is 2. The molecule has 1 aliphatic heterocycles. The minimum absolute atomic E-state index is 0.412. The standard InChI is InChI=1S/C13H19N3O/c1-8-6-16(7-9(8)2)10-3-4-12(14)11(5-10)13(15)17/h3-5,8-9H,6-7,14H2,1-2H3,(H2,15,17). The summed E-state index contributed by atoms with van der Waals surface area (Å²) in [5.41, 5.74) is 12.9. The number of nitrogen functional groups attached to an aromatic ring is 1. The van der Waals surface area contributed by atoms with Gasteiger partial charge in [-0.25, -0.2) is 0 Å². The summed E-state index contributed by atoms with van der Waals surface area (Å²) in [6, 6.07) is 5.50. The molecule has 17 heavy (non-hydrogen) atoms. The lowest BCUT2D eigenvalue weighted by atomic mass is 10.0. The van der Waals surface area contributed by atoms with Gasteiger partial charge >= 0.3 is 0 Å². The van der Waals surface area contributed by atoms with E-state index in [-0.39, 0.29) is 0 Å². The smallest absolute Gasteiger partial charge is 0.250 e. The highest BCUT2D eigenvalue weighted by Crippen LogP contribution is 2.29. The summed E-state index contributed by atoms with van der Waals surface area (Å²) < 4.78 is 0. The van der Waals surface area contributed by atoms with Gasteiger partial charge in [-0.15, -0.1) is 0 Å². The van der Waals surface area contributed by atoms with E-state index < -0.39 is 5.91 Å². The van der Waals surface area contributed by atoms with Crippen molar-refractivity contribution in [3.63, 3.8) is 0 Å². The molecule has 1 amide bonds. The van der Waals surface area contributed by atoms with E-state index in [1.54, 1.807) is 12.1 Å². The molecule has 4 N–H and O–H groups in total. The Morgan fingerprint density at radius 2 is 1.88 bits per heavy atom. The van der Waals surface area contributed by atoms with Crippen molar-refractivity contribution in [3.8, 4) is 0 Å². The first-order chi connectivity index (χ1) is 7.99. The first kappa shape index (κ1) is 11.8. The molecule has 0 saturated carbocycles. The molecule has 0 spiro atoms. The van der Waals surface area contributed by atoms with Gasteiger partial charge in [-0.3, -0.25) is 4.79 Å². The molecule has 4 nitrogen and oxygen atoms in total. The van der Waals surface area contributed by atoms with Gasteiger partial charge in [-0.05, 0) is 30.0 Å². The second-order valence-corrected chi connectivity index (χ2v) is 5.00. The Balaban J connectivity index is 2.28. The van der Waals surface area contributed by atoms with Gasteiger partial charge in [0.1, 0.15) is 0 Å². The maximum Gasteiger partial charge on any atom is 0.250 e. The van der Waals surface area contributed by atoms with Crippen LogP contribution in [-0.4, -0.2) is 19.0 Å². The maximum absolute atomic E-state index is 11.2. The average molecular weight is 233 g/mol. The van der Waals surface area contributed by atoms with Gasteiger partial charge in [0, 0.05) is 24.5 Å². The van der Waals surface area contributed by atoms with Crippen molar-refractivity contribution in [3.05, 3.63) is 23.8 Å². The van der Waals surface area contributed by atoms with Crippen LogP contribution in [0.15, 0.2) is 18.2 Å². The van der Waals surface area contributed by atoms with Gasteiger partial charge in [0.15, 0.2) is 0 Å². The number of primary amides is 1. The third-order valence-electron chi connectivity index (χ3n) is 3.66. The lowest BCUT2D eigenvalue weighted by molar-refractivity contribution is 0.100. The fourth-order valence-electron chi connectivity index (χ4n) is 2.29. The van der Waals surface area contributed by atoms with Crippen LogP contribution in [0.3, 0.4) is 0 Å². The van der Waals surface area contributed by atoms with E-state index in [0.717, 1.165) is 18.8 Å². The zero-order chi connectivity index (χ0) is 12.6. The van der Waals surface area contributed by atoms with E-state index >= 15 is 0 Å². The molecule has 1 aromatic carbocycles. The second kappa shape index (κ2) is 4.28. The van der Waals surface area contributed by atoms with Crippen LogP contribution in [0.2, 0.25) is 0 Å². The Hall–Kier alpha value is -1.71. The van der Waals surface area contributed by atoms with Gasteiger partial charge in [0.25, 0.3) is 5.91 Å². The van der Waals surface area contributed by atoms with Gasteiger partial charge in [0.05, 0.1) is 5.56 Å². The van der Waals surface area contributed by atoms with E-state index in [0.29, 0.717) is 23.1 Å². The highest BCUT2D eigenvalue weighted by Gasteiger charge is 2.26. The van der Waals surface area contributed by atoms with Crippen molar-refractivity contribution in [2.75, 3.05) is 23.7 Å². The summed E-state index contributed by atoms with van der Waals surface area (Å²) >= 11 is 0. The van der Waals surface area contributed by atoms with Crippen molar-refractivity contribution >= 4 is 17.3 Å². The predicted molar refractivity (Wildman–Crippen MR) is 69.9 cm³/mol. The van der Waals surface area contributed by atoms with E-state index in [4.69, 9.17) is 11.5 Å². The first-order valence-electron chi connectivity index (χ1n) is 5.93. The Kier molecular flexibility index (Phi) is 2.96. The van der Waals surface area contributed by atoms with Crippen molar-refractivity contribution in [1.29, 1.82) is 0 Å². The largest absolute Gasteiger partial charge is 0.398 e. The van der Waals surface area contributed by atoms with Crippen LogP contribution in [0.1, 0.15) is 24.2 Å². The first-order valence-corrected chi connectivity index (χ1v) is 5.93. The summed E-state index contributed by atoms with van der Waals surface area (Å²) in [6.45, 7) is 6.53. The number of amides is 1. The van der Waals surface area contributed by atoms with Crippen molar-refractivity contribution < 1.29 is 4.79 Å². The Morgan fingerprint density at radius 3 is 2.41 bits per heavy atom. The van der Waals surface area contributed by atoms with Crippen molar-refractivity contribution in [1.82, 2.24) is 0 Å². The van der Waals surface area contributed by atoms with Crippen LogP contribution in [-0.2, 0) is 0 Å². The summed E-state index contributed by atoms with van der Waals surface area (Å²) in [6.07, 6.45) is 0. The Morgan fingerprint density at radius 1 is 1.29 bits per heavy atom. The molecule has 2 atom stereocenters. The molecular weight excluding hydrogens is 214 g/mol. The predicted octanol–water partition coefficient (Wildman–Crippen LogP) is 1.46. The molecule has 1 saturated heterocycles. The molecule has 1 heterocycles. The van der Waals surface area contributed by atoms with Crippen molar-refractivity contribution in [2.24, 2.45) is 17.6 Å². The molecule has 1 fully saturated rings. The third-order valence-corrected chi connectivity index (χ3v) is 3.66. The molecule has 1 aromatic rings. The van der Waals surface area contributed by atoms with Gasteiger partial charge in [-0.2, -0.15) is 0 Å². The van der Waals surface area contributed by atoms with Crippen LogP contribution < -0.4 is 16.4 Å². The molecule has 0 aromatic heterocycles. The van der Waals surface area contributed by atoms with Gasteiger partial charge < -0.3 is 16.4 Å². The topological polar surface area (TPSA) is 72.3 Å². The average Bonchev–Trinajstić information content (AvgIpc) is 2.59. The van der Waals surface area contributed by atoms with Gasteiger partial charge in [0.2, 0.25) is 0 Å². The number of benzene rings is 1. The fourth-order valence-corrected chi connectivity index (χ4v) is 2.29. The Bertz CT molecular complexity index is 434. The minimum atomic E-state index is -0.468. The monoisotopic (exact) mass is 233 g/mol. The number of carbonyl (C=O) groups excluding carboxylic acids is 1. The van der Waals surface area contributed by atoms with Crippen LogP contribution in [0.25, 0.3) is 0 Å². The number of nitrogens with two attached hydrogens (primary N) is 2. The molecular formula is C13H19N3O. The van der Waals surface area contributed by atoms with Crippen LogP contribution in [0, 0.1) is 11.8 Å². The number of carbonyl (C=O) groups is 1. The van der Waals surface area contributed by atoms with Crippen LogP contribution in [0.4, 0.5) is 11.4 Å². The van der Waals surface area contributed by atoms with E-state index in [9.17, 15) is 4.79 Å². The molecule has 0 bridgehead atoms. The summed E-state index contributed by atoms with van der Waals surface area (Å²) in [7, 11) is 0. The van der Waals surface area contributed by atoms with Crippen LogP contribution >= 0.6 is 0 Å². The third kappa shape index (κ3) is 2.20. The second-order valence-electron chi connectivity index (χ2n) is 5.00. The highest BCUT2D eigenvalue weighted by atomic mass is 16.1. The van der Waals surface area contributed by atoms with Crippen LogP contribution in [0.5, 0.6) is 0 Å². The number of hydrogen-bond acceptors (Lipinski definition) is 3. The molecule has 2 rings (SSSR count). The summed E-state index contributed by atoms with van der Waals surface area (Å²) in [4.78, 5) is 13.5. The normalized spacial score (nSPS) is 24.0. The minimum Gasteiger partial charge on any atom is -0.398 e. The van der Waals surface area contributed by atoms with E-state index in [1.807, 2.05) is 6.07 Å². The molecule has 4 heteroatoms. The van der Waals surface area contributed by atoms with E-state index in [2.05, 4.69) is 18.7 Å². The summed E-state index contributed by atoms with van der Waals surface area (Å²) in [5.74, 6) is 0.874. The lowest BCUT2D eigenvalue weighted by Crippen LogP contribution is -2.21. The molecule has 0 aliphatic carbocycles. The lowest BCUT2D eigenvalue weighted by Gasteiger charge is -2.19. The maximum atomic E-state index is 11.2. The zero-order valence-corrected chi connectivity index (χ0v) is 10.3. The number of nitrogens with zero attached hydrogens (tertiary/aromatic N) is 1. The quantitative estimate of drug-likeness (QED) is 0.760. The molecule has 1 aliphatic rings. The van der Waals surface area contributed by atoms with Crippen molar-refractivity contribution in [2.45, 2.75) is 13.8 Å².